The minimum absolute atomic E-state index is 0.0202. The van der Waals surface area contributed by atoms with Gasteiger partial charge < -0.3 is 21.1 Å². The van der Waals surface area contributed by atoms with E-state index in [2.05, 4.69) is 27.9 Å². The second-order valence-corrected chi connectivity index (χ2v) is 13.3. The first-order valence-electron chi connectivity index (χ1n) is 15.2. The third kappa shape index (κ3) is 5.87. The number of hydrogen-bond acceptors (Lipinski definition) is 10. The number of hydrogen-bond donors (Lipinski definition) is 2. The predicted octanol–water partition coefficient (Wildman–Crippen LogP) is 4.61. The first kappa shape index (κ1) is 30.7. The number of aromatic nitrogens is 3. The molecule has 6 rings (SSSR count). The van der Waals surface area contributed by atoms with Crippen LogP contribution in [0.15, 0.2) is 34.8 Å². The van der Waals surface area contributed by atoms with Crippen molar-refractivity contribution in [3.05, 3.63) is 46.3 Å². The summed E-state index contributed by atoms with van der Waals surface area (Å²) in [4.78, 5) is 17.9. The summed E-state index contributed by atoms with van der Waals surface area (Å²) in [5.74, 6) is -1.43. The molecule has 2 aromatic rings. The molecule has 0 aromatic carbocycles. The lowest BCUT2D eigenvalue weighted by atomic mass is 9.83. The van der Waals surface area contributed by atoms with Crippen LogP contribution in [0.1, 0.15) is 44.7 Å². The molecule has 234 valence electrons. The van der Waals surface area contributed by atoms with Gasteiger partial charge in [0.05, 0.1) is 33.9 Å². The summed E-state index contributed by atoms with van der Waals surface area (Å²) in [7, 11) is 0. The van der Waals surface area contributed by atoms with Crippen molar-refractivity contribution in [1.82, 2.24) is 19.9 Å². The van der Waals surface area contributed by atoms with Gasteiger partial charge >= 0.3 is 6.01 Å². The number of thioether (sulfide) groups is 1. The molecule has 13 heteroatoms. The summed E-state index contributed by atoms with van der Waals surface area (Å²) >= 11 is 1.06. The quantitative estimate of drug-likeness (QED) is 0.345. The molecule has 3 atom stereocenters. The first-order chi connectivity index (χ1) is 21.3. The summed E-state index contributed by atoms with van der Waals surface area (Å²) in [6.07, 6.45) is 7.75. The molecule has 4 N–H and O–H groups in total. The summed E-state index contributed by atoms with van der Waals surface area (Å²) in [5, 5.41) is 9.67. The van der Waals surface area contributed by atoms with E-state index in [0.29, 0.717) is 56.0 Å². The maximum absolute atomic E-state index is 16.6. The lowest BCUT2D eigenvalue weighted by Crippen LogP contribution is -2.33. The summed E-state index contributed by atoms with van der Waals surface area (Å²) in [6, 6.07) is 2.12. The number of likely N-dealkylation sites (tertiary alicyclic amines) is 1. The minimum atomic E-state index is -0.791. The van der Waals surface area contributed by atoms with Crippen molar-refractivity contribution >= 4 is 34.1 Å². The number of nitrogens with two attached hydrogens (primary N) is 2. The zero-order valence-electron chi connectivity index (χ0n) is 24.7. The highest BCUT2D eigenvalue weighted by Gasteiger charge is 2.46. The molecule has 1 saturated heterocycles. The Bertz CT molecular complexity index is 1570. The topological polar surface area (TPSA) is 130 Å². The smallest absolute Gasteiger partial charge is 0.319 e. The minimum Gasteiger partial charge on any atom is -0.463 e. The highest BCUT2D eigenvalue weighted by atomic mass is 32.2. The third-order valence-electron chi connectivity index (χ3n) is 8.92. The molecule has 4 aliphatic rings. The Morgan fingerprint density at radius 3 is 2.75 bits per heavy atom. The molecular formula is C31H37F3N8OS. The molecule has 0 bridgehead atoms. The maximum Gasteiger partial charge on any atom is 0.319 e. The van der Waals surface area contributed by atoms with Gasteiger partial charge in [0.1, 0.15) is 29.0 Å². The summed E-state index contributed by atoms with van der Waals surface area (Å²) in [6.45, 7) is 5.84. The zero-order chi connectivity index (χ0) is 31.0. The first-order valence-corrected chi connectivity index (χ1v) is 16.1. The van der Waals surface area contributed by atoms with Crippen molar-refractivity contribution in [2.75, 3.05) is 50.8 Å². The highest BCUT2D eigenvalue weighted by Crippen LogP contribution is 2.51. The van der Waals surface area contributed by atoms with Crippen molar-refractivity contribution < 1.29 is 17.9 Å². The Balaban J connectivity index is 1.39. The molecule has 0 spiro atoms. The maximum atomic E-state index is 16.6. The number of allylic oxidation sites excluding steroid dienone is 4. The number of nitrogens with zero attached hydrogens (tertiary/aromatic N) is 6. The second kappa shape index (κ2) is 12.6. The molecule has 1 saturated carbocycles. The van der Waals surface area contributed by atoms with E-state index < -0.39 is 29.0 Å². The lowest BCUT2D eigenvalue weighted by Gasteiger charge is -2.27. The number of unbranched alkanes of at least 4 members (excludes halogenated alkanes) is 1. The normalized spacial score (nSPS) is 24.2. The van der Waals surface area contributed by atoms with E-state index >= 15 is 4.39 Å². The summed E-state index contributed by atoms with van der Waals surface area (Å²) in [5.41, 5.74) is 12.5. The van der Waals surface area contributed by atoms with Crippen LogP contribution in [0.4, 0.5) is 19.0 Å². The van der Waals surface area contributed by atoms with E-state index in [1.165, 1.54) is 18.3 Å². The van der Waals surface area contributed by atoms with Crippen LogP contribution in [0, 0.1) is 28.5 Å². The molecule has 44 heavy (non-hydrogen) atoms. The molecule has 2 unspecified atom stereocenters. The van der Waals surface area contributed by atoms with Crippen LogP contribution in [0.2, 0.25) is 0 Å². The molecule has 0 radical (unpaired) electrons. The van der Waals surface area contributed by atoms with Crippen LogP contribution in [-0.4, -0.2) is 77.1 Å². The van der Waals surface area contributed by atoms with E-state index in [4.69, 9.17) is 21.2 Å². The standard InChI is InChI=1S/C31H37F3N8OS/c1-2-3-10-42(12-9-35)29-21-14-38-25(19-4-5-22(33)27-23(19)20(13-36)28(37)44-27)24(34)26(21)39-30(40-29)43-17-31(7-8-31)16-41-11-6-18(32)15-41/h4-5,14,18,23,27H,2-3,6-12,15-17,35,37H2,1H3/t18-,23?,27?/m1/s1. The fourth-order valence-corrected chi connectivity index (χ4v) is 7.51. The summed E-state index contributed by atoms with van der Waals surface area (Å²) < 4.78 is 51.4. The molecule has 9 nitrogen and oxygen atoms in total. The fourth-order valence-electron chi connectivity index (χ4n) is 6.33. The van der Waals surface area contributed by atoms with Gasteiger partial charge in [-0.05, 0) is 37.3 Å². The Kier molecular flexibility index (Phi) is 8.77. The molecular weight excluding hydrogens is 589 g/mol. The van der Waals surface area contributed by atoms with Gasteiger partial charge in [0.25, 0.3) is 0 Å². The van der Waals surface area contributed by atoms with Gasteiger partial charge in [-0.25, -0.2) is 13.2 Å². The third-order valence-corrected chi connectivity index (χ3v) is 10.1. The van der Waals surface area contributed by atoms with Gasteiger partial charge in [0.15, 0.2) is 5.82 Å². The zero-order valence-corrected chi connectivity index (χ0v) is 25.6. The van der Waals surface area contributed by atoms with Gasteiger partial charge in [-0.3, -0.25) is 9.88 Å². The van der Waals surface area contributed by atoms with Crippen molar-refractivity contribution in [2.24, 2.45) is 22.8 Å². The SMILES string of the molecule is CCCCN(CCN)c1nc(OCC2(CN3CC[C@@H](F)C3)CC2)nc2c(F)c(C3=CC=C(F)C4SC(N)=C(C#N)C34)ncc12. The number of ether oxygens (including phenoxy) is 1. The van der Waals surface area contributed by atoms with Gasteiger partial charge in [0.2, 0.25) is 0 Å². The molecule has 0 amide bonds. The lowest BCUT2D eigenvalue weighted by molar-refractivity contribution is 0.165. The van der Waals surface area contributed by atoms with Gasteiger partial charge in [-0.1, -0.05) is 31.2 Å². The van der Waals surface area contributed by atoms with Crippen LogP contribution in [-0.2, 0) is 0 Å². The van der Waals surface area contributed by atoms with Crippen LogP contribution >= 0.6 is 11.8 Å². The number of fused-ring (bicyclic) bond motifs is 2. The number of halogens is 3. The van der Waals surface area contributed by atoms with E-state index in [-0.39, 0.29) is 33.2 Å². The number of nitriles is 1. The number of rotatable bonds is 12. The van der Waals surface area contributed by atoms with E-state index in [1.54, 1.807) is 0 Å². The number of alkyl halides is 1. The van der Waals surface area contributed by atoms with Gasteiger partial charge in [-0.2, -0.15) is 15.2 Å². The molecule has 2 aliphatic heterocycles. The fraction of sp³-hybridized carbons (Fsp3) is 0.548. The number of pyridine rings is 1. The van der Waals surface area contributed by atoms with Crippen LogP contribution < -0.4 is 21.1 Å². The molecule has 2 aliphatic carbocycles. The van der Waals surface area contributed by atoms with Crippen LogP contribution in [0.5, 0.6) is 6.01 Å². The van der Waals surface area contributed by atoms with Gasteiger partial charge in [-0.15, -0.1) is 0 Å². The number of anilines is 1. The molecule has 2 aromatic heterocycles. The average molecular weight is 627 g/mol. The van der Waals surface area contributed by atoms with Crippen molar-refractivity contribution in [3.8, 4) is 12.1 Å². The van der Waals surface area contributed by atoms with Crippen LogP contribution in [0.25, 0.3) is 16.5 Å². The van der Waals surface area contributed by atoms with Crippen molar-refractivity contribution in [1.29, 1.82) is 5.26 Å². The predicted molar refractivity (Wildman–Crippen MR) is 165 cm³/mol. The van der Waals surface area contributed by atoms with Crippen LogP contribution in [0.3, 0.4) is 0 Å². The Morgan fingerprint density at radius 2 is 2.07 bits per heavy atom. The average Bonchev–Trinajstić information content (AvgIpc) is 3.52. The Hall–Kier alpha value is -3.34. The second-order valence-electron chi connectivity index (χ2n) is 12.1. The van der Waals surface area contributed by atoms with Gasteiger partial charge in [0, 0.05) is 56.8 Å². The van der Waals surface area contributed by atoms with E-state index in [1.807, 2.05) is 4.90 Å². The van der Waals surface area contributed by atoms with Crippen molar-refractivity contribution in [3.63, 3.8) is 0 Å². The Labute approximate surface area is 259 Å². The van der Waals surface area contributed by atoms with E-state index in [0.717, 1.165) is 50.5 Å². The van der Waals surface area contributed by atoms with E-state index in [9.17, 15) is 14.0 Å². The Morgan fingerprint density at radius 1 is 1.25 bits per heavy atom. The highest BCUT2D eigenvalue weighted by molar-refractivity contribution is 8.04. The van der Waals surface area contributed by atoms with Crippen molar-refractivity contribution in [2.45, 2.75) is 50.4 Å². The molecule has 2 fully saturated rings. The largest absolute Gasteiger partial charge is 0.463 e. The molecule has 4 heterocycles. The monoisotopic (exact) mass is 626 g/mol.